The van der Waals surface area contributed by atoms with E-state index in [4.69, 9.17) is 9.52 Å². The maximum absolute atomic E-state index is 10.7. The van der Waals surface area contributed by atoms with Gasteiger partial charge in [0.15, 0.2) is 0 Å². The molecule has 130 valence electrons. The molecule has 2 aromatic heterocycles. The summed E-state index contributed by atoms with van der Waals surface area (Å²) < 4.78 is 6.45. The minimum Gasteiger partial charge on any atom is -0.481 e. The Balaban J connectivity index is 1.58. The van der Waals surface area contributed by atoms with Gasteiger partial charge in [-0.15, -0.1) is 21.5 Å². The topological polar surface area (TPSA) is 89.1 Å². The average molecular weight is 365 g/mol. The normalized spacial score (nSPS) is 11.1. The molecule has 2 heterocycles. The van der Waals surface area contributed by atoms with Crippen molar-refractivity contribution in [3.63, 3.8) is 0 Å². The molecule has 0 unspecified atom stereocenters. The lowest BCUT2D eigenvalue weighted by molar-refractivity contribution is -0.136. The van der Waals surface area contributed by atoms with Crippen molar-refractivity contribution in [2.75, 3.05) is 0 Å². The fourth-order valence-corrected chi connectivity index (χ4v) is 3.66. The first-order valence-electron chi connectivity index (χ1n) is 8.06. The molecule has 0 radical (unpaired) electrons. The van der Waals surface area contributed by atoms with Gasteiger partial charge in [0, 0.05) is 0 Å². The second kappa shape index (κ2) is 6.68. The second-order valence-electron chi connectivity index (χ2n) is 5.99. The van der Waals surface area contributed by atoms with Gasteiger partial charge in [0.25, 0.3) is 0 Å². The van der Waals surface area contributed by atoms with Crippen LogP contribution >= 0.6 is 11.3 Å². The van der Waals surface area contributed by atoms with E-state index in [2.05, 4.69) is 58.5 Å². The first-order valence-corrected chi connectivity index (χ1v) is 8.88. The van der Waals surface area contributed by atoms with Crippen LogP contribution in [0.15, 0.2) is 46.9 Å². The van der Waals surface area contributed by atoms with Crippen LogP contribution in [0.2, 0.25) is 0 Å². The summed E-state index contributed by atoms with van der Waals surface area (Å²) in [7, 11) is 0. The molecule has 0 atom stereocenters. The molecule has 0 aliphatic carbocycles. The van der Waals surface area contributed by atoms with E-state index in [0.717, 1.165) is 20.8 Å². The van der Waals surface area contributed by atoms with Crippen LogP contribution in [0.4, 0.5) is 0 Å². The van der Waals surface area contributed by atoms with Crippen LogP contribution in [0.5, 0.6) is 0 Å². The summed E-state index contributed by atoms with van der Waals surface area (Å²) >= 11 is 1.57. The maximum atomic E-state index is 10.7. The van der Waals surface area contributed by atoms with Gasteiger partial charge in [-0.1, -0.05) is 35.9 Å². The molecule has 4 rings (SSSR count). The smallest absolute Gasteiger partial charge is 0.312 e. The first kappa shape index (κ1) is 16.4. The van der Waals surface area contributed by atoms with E-state index >= 15 is 0 Å². The van der Waals surface area contributed by atoms with Crippen molar-refractivity contribution in [1.82, 2.24) is 15.2 Å². The zero-order chi connectivity index (χ0) is 18.1. The van der Waals surface area contributed by atoms with Crippen molar-refractivity contribution in [1.29, 1.82) is 0 Å². The van der Waals surface area contributed by atoms with Gasteiger partial charge in [-0.25, -0.2) is 4.98 Å². The largest absolute Gasteiger partial charge is 0.481 e. The highest BCUT2D eigenvalue weighted by atomic mass is 32.1. The zero-order valence-electron chi connectivity index (χ0n) is 14.0. The Kier molecular flexibility index (Phi) is 4.22. The van der Waals surface area contributed by atoms with Gasteiger partial charge in [-0.05, 0) is 30.2 Å². The Morgan fingerprint density at radius 2 is 1.81 bits per heavy atom. The van der Waals surface area contributed by atoms with Gasteiger partial charge in [0.05, 0.1) is 16.6 Å². The van der Waals surface area contributed by atoms with Gasteiger partial charge >= 0.3 is 5.97 Å². The van der Waals surface area contributed by atoms with Gasteiger partial charge in [0.1, 0.15) is 11.4 Å². The number of nitrogens with zero attached hydrogens (tertiary/aromatic N) is 3. The van der Waals surface area contributed by atoms with Crippen LogP contribution in [-0.2, 0) is 17.6 Å². The minimum absolute atomic E-state index is 0.107. The van der Waals surface area contributed by atoms with Gasteiger partial charge in [-0.3, -0.25) is 4.79 Å². The molecule has 0 bridgehead atoms. The van der Waals surface area contributed by atoms with E-state index in [0.29, 0.717) is 12.3 Å². The standard InChI is InChI=1S/C19H15N3O3S/c1-11-2-4-12(5-3-11)13-6-7-14-15(8-13)26-18(20-14)9-16-21-22-17(25-16)10-19(23)24/h2-8H,9-10H2,1H3,(H,23,24). The highest BCUT2D eigenvalue weighted by Crippen LogP contribution is 2.29. The fourth-order valence-electron chi connectivity index (χ4n) is 2.66. The summed E-state index contributed by atoms with van der Waals surface area (Å²) in [5.41, 5.74) is 4.47. The summed E-state index contributed by atoms with van der Waals surface area (Å²) in [4.78, 5) is 15.3. The van der Waals surface area contributed by atoms with Crippen LogP contribution in [0.25, 0.3) is 21.3 Å². The van der Waals surface area contributed by atoms with Crippen molar-refractivity contribution in [3.05, 3.63) is 64.8 Å². The number of hydrogen-bond acceptors (Lipinski definition) is 6. The lowest BCUT2D eigenvalue weighted by atomic mass is 10.0. The lowest BCUT2D eigenvalue weighted by Crippen LogP contribution is -1.99. The number of aromatic nitrogens is 3. The molecule has 0 fully saturated rings. The third-order valence-corrected chi connectivity index (χ3v) is 4.95. The molecule has 1 N–H and O–H groups in total. The van der Waals surface area contributed by atoms with Crippen molar-refractivity contribution in [2.24, 2.45) is 0 Å². The SMILES string of the molecule is Cc1ccc(-c2ccc3nc(Cc4nnc(CC(=O)O)o4)sc3c2)cc1. The Morgan fingerprint density at radius 3 is 2.58 bits per heavy atom. The van der Waals surface area contributed by atoms with Crippen LogP contribution in [0.3, 0.4) is 0 Å². The van der Waals surface area contributed by atoms with E-state index in [1.54, 1.807) is 11.3 Å². The minimum atomic E-state index is -0.996. The van der Waals surface area contributed by atoms with Crippen molar-refractivity contribution < 1.29 is 14.3 Å². The maximum Gasteiger partial charge on any atom is 0.312 e. The molecule has 0 amide bonds. The number of thiazole rings is 1. The Hall–Kier alpha value is -3.06. The number of aryl methyl sites for hydroxylation is 1. The molecular weight excluding hydrogens is 350 g/mol. The highest BCUT2D eigenvalue weighted by Gasteiger charge is 2.13. The molecule has 26 heavy (non-hydrogen) atoms. The molecule has 0 aliphatic heterocycles. The molecule has 0 aliphatic rings. The summed E-state index contributed by atoms with van der Waals surface area (Å²) in [5, 5.41) is 17.3. The monoisotopic (exact) mass is 365 g/mol. The number of carboxylic acids is 1. The Labute approximate surface area is 153 Å². The van der Waals surface area contributed by atoms with E-state index in [1.807, 2.05) is 6.07 Å². The second-order valence-corrected chi connectivity index (χ2v) is 7.11. The third kappa shape index (κ3) is 3.48. The van der Waals surface area contributed by atoms with Crippen molar-refractivity contribution in [2.45, 2.75) is 19.8 Å². The van der Waals surface area contributed by atoms with Crippen LogP contribution in [-0.4, -0.2) is 26.3 Å². The molecule has 0 spiro atoms. The summed E-state index contributed by atoms with van der Waals surface area (Å²) in [6, 6.07) is 14.6. The molecule has 2 aromatic carbocycles. The van der Waals surface area contributed by atoms with Crippen LogP contribution in [0, 0.1) is 6.92 Å². The van der Waals surface area contributed by atoms with Crippen molar-refractivity contribution >= 4 is 27.5 Å². The zero-order valence-corrected chi connectivity index (χ0v) is 14.8. The number of benzene rings is 2. The summed E-state index contributed by atoms with van der Waals surface area (Å²) in [5.74, 6) is -0.516. The number of rotatable bonds is 5. The van der Waals surface area contributed by atoms with E-state index in [1.165, 1.54) is 11.1 Å². The van der Waals surface area contributed by atoms with E-state index < -0.39 is 5.97 Å². The summed E-state index contributed by atoms with van der Waals surface area (Å²) in [6.45, 7) is 2.07. The first-order chi connectivity index (χ1) is 12.6. The molecule has 4 aromatic rings. The number of aliphatic carboxylic acids is 1. The van der Waals surface area contributed by atoms with E-state index in [9.17, 15) is 4.79 Å². The van der Waals surface area contributed by atoms with E-state index in [-0.39, 0.29) is 12.3 Å². The predicted molar refractivity (Wildman–Crippen MR) is 98.2 cm³/mol. The Bertz CT molecular complexity index is 1080. The molecule has 0 saturated carbocycles. The van der Waals surface area contributed by atoms with Crippen LogP contribution in [0.1, 0.15) is 22.4 Å². The van der Waals surface area contributed by atoms with Crippen LogP contribution < -0.4 is 0 Å². The average Bonchev–Trinajstić information content (AvgIpc) is 3.20. The number of carboxylic acid groups (broad SMARTS) is 1. The summed E-state index contributed by atoms with van der Waals surface area (Å²) in [6.07, 6.45) is 0.124. The fraction of sp³-hybridized carbons (Fsp3) is 0.158. The highest BCUT2D eigenvalue weighted by molar-refractivity contribution is 7.18. The molecule has 7 heteroatoms. The van der Waals surface area contributed by atoms with Crippen molar-refractivity contribution in [3.8, 4) is 11.1 Å². The molecule has 0 saturated heterocycles. The van der Waals surface area contributed by atoms with Gasteiger partial charge in [-0.2, -0.15) is 0 Å². The lowest BCUT2D eigenvalue weighted by Gasteiger charge is -2.01. The number of carbonyl (C=O) groups is 1. The predicted octanol–water partition coefficient (Wildman–Crippen LogP) is 3.87. The van der Waals surface area contributed by atoms with Gasteiger partial charge < -0.3 is 9.52 Å². The number of hydrogen-bond donors (Lipinski definition) is 1. The Morgan fingerprint density at radius 1 is 1.08 bits per heavy atom. The van der Waals surface area contributed by atoms with Gasteiger partial charge in [0.2, 0.25) is 11.8 Å². The quantitative estimate of drug-likeness (QED) is 0.577. The third-order valence-electron chi connectivity index (χ3n) is 3.93. The molecular formula is C19H15N3O3S. The molecule has 6 nitrogen and oxygen atoms in total. The number of fused-ring (bicyclic) bond motifs is 1.